The van der Waals surface area contributed by atoms with Crippen LogP contribution in [0.3, 0.4) is 0 Å². The maximum absolute atomic E-state index is 13.1. The summed E-state index contributed by atoms with van der Waals surface area (Å²) >= 11 is 0. The number of amides is 2. The highest BCUT2D eigenvalue weighted by Gasteiger charge is 2.24. The van der Waals surface area contributed by atoms with Crippen molar-refractivity contribution < 1.29 is 14.7 Å². The van der Waals surface area contributed by atoms with Crippen molar-refractivity contribution in [2.24, 2.45) is 0 Å². The molecule has 4 rings (SSSR count). The lowest BCUT2D eigenvalue weighted by Crippen LogP contribution is -2.49. The summed E-state index contributed by atoms with van der Waals surface area (Å²) in [7, 11) is 0. The zero-order valence-corrected chi connectivity index (χ0v) is 22.1. The van der Waals surface area contributed by atoms with Gasteiger partial charge in [-0.2, -0.15) is 5.26 Å². The Hall–Kier alpha value is -4.14. The molecule has 1 saturated heterocycles. The van der Waals surface area contributed by atoms with Crippen molar-refractivity contribution in [2.75, 3.05) is 44.6 Å². The van der Waals surface area contributed by atoms with Crippen LogP contribution in [0.4, 0.5) is 5.69 Å². The summed E-state index contributed by atoms with van der Waals surface area (Å²) in [5.41, 5.74) is 3.34. The van der Waals surface area contributed by atoms with Gasteiger partial charge in [-0.05, 0) is 42.2 Å². The predicted molar refractivity (Wildman–Crippen MR) is 141 cm³/mol. The topological polar surface area (TPSA) is 140 Å². The molecule has 38 heavy (non-hydrogen) atoms. The number of aliphatic hydroxyl groups excluding tert-OH is 1. The molecule has 11 nitrogen and oxygen atoms in total. The summed E-state index contributed by atoms with van der Waals surface area (Å²) in [5.74, 6) is -0.569. The summed E-state index contributed by atoms with van der Waals surface area (Å²) in [6.07, 6.45) is 3.11. The van der Waals surface area contributed by atoms with Crippen LogP contribution in [0.25, 0.3) is 5.69 Å². The number of carbonyl (C=O) groups excluding carboxylic acids is 2. The highest BCUT2D eigenvalue weighted by atomic mass is 16.3. The third-order valence-corrected chi connectivity index (χ3v) is 6.54. The van der Waals surface area contributed by atoms with Crippen LogP contribution in [-0.4, -0.2) is 86.0 Å². The Bertz CT molecular complexity index is 1380. The SMILES string of the molecule is Cc1ncc(NC(=O)c2cc(C#N)cc(C(C)(C)C)c2)cc1-n1cc(C(=O)N2CCN(CCO)CC2)nn1. The van der Waals surface area contributed by atoms with Gasteiger partial charge in [-0.1, -0.05) is 26.0 Å². The van der Waals surface area contributed by atoms with Gasteiger partial charge >= 0.3 is 0 Å². The Labute approximate surface area is 221 Å². The number of nitrogens with zero attached hydrogens (tertiary/aromatic N) is 7. The van der Waals surface area contributed by atoms with E-state index in [-0.39, 0.29) is 29.5 Å². The smallest absolute Gasteiger partial charge is 0.276 e. The Morgan fingerprint density at radius 3 is 2.53 bits per heavy atom. The normalized spacial score (nSPS) is 14.3. The van der Waals surface area contributed by atoms with Crippen molar-refractivity contribution >= 4 is 17.5 Å². The lowest BCUT2D eigenvalue weighted by Gasteiger charge is -2.33. The molecular weight excluding hydrogens is 484 g/mol. The molecule has 11 heteroatoms. The molecule has 1 aliphatic heterocycles. The van der Waals surface area contributed by atoms with Gasteiger partial charge in [0.25, 0.3) is 11.8 Å². The molecule has 2 amide bonds. The first kappa shape index (κ1) is 26.9. The van der Waals surface area contributed by atoms with Crippen molar-refractivity contribution in [1.29, 1.82) is 5.26 Å². The number of hydrogen-bond donors (Lipinski definition) is 2. The minimum absolute atomic E-state index is 0.0966. The van der Waals surface area contributed by atoms with Crippen LogP contribution in [0.15, 0.2) is 36.7 Å². The Morgan fingerprint density at radius 1 is 1.13 bits per heavy atom. The second-order valence-electron chi connectivity index (χ2n) is 10.3. The number of carbonyl (C=O) groups is 2. The average Bonchev–Trinajstić information content (AvgIpc) is 3.39. The van der Waals surface area contributed by atoms with Crippen LogP contribution < -0.4 is 5.32 Å². The largest absolute Gasteiger partial charge is 0.395 e. The zero-order valence-electron chi connectivity index (χ0n) is 22.1. The van der Waals surface area contributed by atoms with E-state index in [2.05, 4.69) is 31.6 Å². The van der Waals surface area contributed by atoms with E-state index in [9.17, 15) is 14.9 Å². The van der Waals surface area contributed by atoms with E-state index >= 15 is 0 Å². The molecule has 3 aromatic rings. The second kappa shape index (κ2) is 11.1. The molecule has 0 bridgehead atoms. The number of piperazine rings is 1. The third kappa shape index (κ3) is 6.04. The molecular formula is C27H32N8O3. The number of hydrogen-bond acceptors (Lipinski definition) is 8. The van der Waals surface area contributed by atoms with Gasteiger partial charge in [0.2, 0.25) is 0 Å². The van der Waals surface area contributed by atoms with E-state index in [0.717, 1.165) is 5.56 Å². The van der Waals surface area contributed by atoms with Crippen LogP contribution >= 0.6 is 0 Å². The Morgan fingerprint density at radius 2 is 1.87 bits per heavy atom. The van der Waals surface area contributed by atoms with Crippen molar-refractivity contribution in [3.05, 3.63) is 64.7 Å². The van der Waals surface area contributed by atoms with Crippen LogP contribution in [-0.2, 0) is 5.41 Å². The molecule has 2 aromatic heterocycles. The number of aliphatic hydroxyl groups is 1. The predicted octanol–water partition coefficient (Wildman–Crippen LogP) is 2.14. The fourth-order valence-corrected chi connectivity index (χ4v) is 4.24. The van der Waals surface area contributed by atoms with Gasteiger partial charge in [0.05, 0.1) is 47.7 Å². The third-order valence-electron chi connectivity index (χ3n) is 6.54. The fraction of sp³-hybridized carbons (Fsp3) is 0.407. The maximum atomic E-state index is 13.1. The number of rotatable bonds is 6. The van der Waals surface area contributed by atoms with Gasteiger partial charge in [-0.3, -0.25) is 19.5 Å². The fourth-order valence-electron chi connectivity index (χ4n) is 4.24. The van der Waals surface area contributed by atoms with Crippen LogP contribution in [0.5, 0.6) is 0 Å². The van der Waals surface area contributed by atoms with E-state index in [1.54, 1.807) is 48.5 Å². The highest BCUT2D eigenvalue weighted by Crippen LogP contribution is 2.25. The summed E-state index contributed by atoms with van der Waals surface area (Å²) < 4.78 is 1.47. The number of nitrogens with one attached hydrogen (secondary N) is 1. The summed E-state index contributed by atoms with van der Waals surface area (Å²) in [6, 6.07) is 8.99. The van der Waals surface area contributed by atoms with E-state index < -0.39 is 0 Å². The molecule has 0 unspecified atom stereocenters. The number of β-amino-alcohol motifs (C(OH)–C–C–N with tert-alkyl or cyclic N) is 1. The number of anilines is 1. The van der Waals surface area contributed by atoms with Gasteiger partial charge in [-0.25, -0.2) is 4.68 Å². The van der Waals surface area contributed by atoms with E-state index in [4.69, 9.17) is 5.11 Å². The molecule has 1 aliphatic rings. The quantitative estimate of drug-likeness (QED) is 0.508. The Balaban J connectivity index is 1.51. The van der Waals surface area contributed by atoms with Crippen molar-refractivity contribution in [3.8, 4) is 11.8 Å². The number of aromatic nitrogens is 4. The molecule has 3 heterocycles. The number of pyridine rings is 1. The van der Waals surface area contributed by atoms with E-state index in [0.29, 0.717) is 60.9 Å². The van der Waals surface area contributed by atoms with Gasteiger partial charge in [0.1, 0.15) is 0 Å². The molecule has 0 saturated carbocycles. The standard InChI is InChI=1S/C27H32N8O3/c1-18-24(35-17-23(31-32-35)26(38)34-7-5-33(6-8-34)9-10-36)14-22(16-29-18)30-25(37)20-11-19(15-28)12-21(13-20)27(2,3)4/h11-14,16-17,36H,5-10H2,1-4H3,(H,30,37). The van der Waals surface area contributed by atoms with Gasteiger partial charge < -0.3 is 15.3 Å². The first-order valence-electron chi connectivity index (χ1n) is 12.5. The van der Waals surface area contributed by atoms with Gasteiger partial charge in [-0.15, -0.1) is 5.10 Å². The average molecular weight is 517 g/mol. The van der Waals surface area contributed by atoms with Crippen LogP contribution in [0.1, 0.15) is 58.4 Å². The number of aryl methyl sites for hydroxylation is 1. The molecule has 0 radical (unpaired) electrons. The summed E-state index contributed by atoms with van der Waals surface area (Å²) in [5, 5.41) is 29.6. The first-order chi connectivity index (χ1) is 18.1. The van der Waals surface area contributed by atoms with Crippen LogP contribution in [0, 0.1) is 18.3 Å². The highest BCUT2D eigenvalue weighted by molar-refractivity contribution is 6.04. The lowest BCUT2D eigenvalue weighted by atomic mass is 9.85. The maximum Gasteiger partial charge on any atom is 0.276 e. The van der Waals surface area contributed by atoms with Crippen molar-refractivity contribution in [3.63, 3.8) is 0 Å². The lowest BCUT2D eigenvalue weighted by molar-refractivity contribution is 0.0609. The van der Waals surface area contributed by atoms with Gasteiger partial charge in [0.15, 0.2) is 5.69 Å². The first-order valence-corrected chi connectivity index (χ1v) is 12.5. The number of benzene rings is 1. The van der Waals surface area contributed by atoms with Crippen LogP contribution in [0.2, 0.25) is 0 Å². The van der Waals surface area contributed by atoms with E-state index in [1.165, 1.54) is 4.68 Å². The monoisotopic (exact) mass is 516 g/mol. The molecule has 2 N–H and O–H groups in total. The summed E-state index contributed by atoms with van der Waals surface area (Å²) in [6.45, 7) is 11.1. The second-order valence-corrected chi connectivity index (χ2v) is 10.3. The van der Waals surface area contributed by atoms with E-state index in [1.807, 2.05) is 20.8 Å². The minimum atomic E-state index is -0.362. The van der Waals surface area contributed by atoms with Crippen molar-refractivity contribution in [2.45, 2.75) is 33.1 Å². The molecule has 1 fully saturated rings. The molecule has 0 atom stereocenters. The molecule has 0 spiro atoms. The molecule has 198 valence electrons. The zero-order chi connectivity index (χ0) is 27.4. The van der Waals surface area contributed by atoms with Crippen molar-refractivity contribution in [1.82, 2.24) is 29.8 Å². The summed E-state index contributed by atoms with van der Waals surface area (Å²) in [4.78, 5) is 34.3. The molecule has 0 aliphatic carbocycles. The minimum Gasteiger partial charge on any atom is -0.395 e. The number of nitriles is 1. The molecule has 1 aromatic carbocycles. The van der Waals surface area contributed by atoms with Gasteiger partial charge in [0, 0.05) is 38.3 Å². The Kier molecular flexibility index (Phi) is 7.85.